The molecule has 0 heterocycles. The van der Waals surface area contributed by atoms with E-state index in [1.165, 1.54) is 0 Å². The van der Waals surface area contributed by atoms with Gasteiger partial charge in [-0.3, -0.25) is 0 Å². The number of rotatable bonds is 4. The number of quaternary nitrogens is 2. The van der Waals surface area contributed by atoms with E-state index in [9.17, 15) is 19.8 Å². The highest BCUT2D eigenvalue weighted by molar-refractivity contribution is 5.72. The van der Waals surface area contributed by atoms with Crippen molar-refractivity contribution in [2.75, 3.05) is 56.4 Å². The number of nitrogens with zero attached hydrogens (tertiary/aromatic N) is 2. The van der Waals surface area contributed by atoms with Gasteiger partial charge >= 0.3 is 0 Å². The van der Waals surface area contributed by atoms with Gasteiger partial charge in [0.05, 0.1) is 62.4 Å². The summed E-state index contributed by atoms with van der Waals surface area (Å²) in [5.41, 5.74) is 4.91. The van der Waals surface area contributed by atoms with Crippen molar-refractivity contribution >= 4 is 11.9 Å². The molecule has 0 aromatic carbocycles. The van der Waals surface area contributed by atoms with Crippen LogP contribution in [0.4, 0.5) is 0 Å². The Morgan fingerprint density at radius 1 is 0.900 bits per heavy atom. The molecule has 0 aromatic heterocycles. The normalized spacial score (nSPS) is 12.2. The molecule has 2 N–H and O–H groups in total. The van der Waals surface area contributed by atoms with Gasteiger partial charge in [0, 0.05) is 12.0 Å². The zero-order valence-electron chi connectivity index (χ0n) is 14.1. The number of nitrogens with two attached hydrogens (primary N) is 1. The van der Waals surface area contributed by atoms with Crippen molar-refractivity contribution in [3.8, 4) is 0 Å². The molecule has 0 amide bonds. The fraction of sp³-hybridized carbons (Fsp3) is 0.846. The van der Waals surface area contributed by atoms with E-state index in [4.69, 9.17) is 5.73 Å². The van der Waals surface area contributed by atoms with Crippen LogP contribution in [-0.4, -0.2) is 83.3 Å². The van der Waals surface area contributed by atoms with Crippen molar-refractivity contribution in [2.24, 2.45) is 5.73 Å². The van der Waals surface area contributed by atoms with Crippen LogP contribution >= 0.6 is 0 Å². The summed E-state index contributed by atoms with van der Waals surface area (Å²) in [5.74, 6) is -2.75. The third-order valence-corrected chi connectivity index (χ3v) is 0.962. The number of aliphatic carboxylic acids is 2. The number of hydrogen-bond acceptors (Lipinski definition) is 5. The maximum Gasteiger partial charge on any atom is 0.0675 e. The first-order chi connectivity index (χ1) is 8.54. The van der Waals surface area contributed by atoms with Crippen LogP contribution in [0.1, 0.15) is 12.8 Å². The molecule has 0 aliphatic carbocycles. The van der Waals surface area contributed by atoms with Gasteiger partial charge < -0.3 is 34.5 Å². The molecule has 0 fully saturated rings. The predicted molar refractivity (Wildman–Crippen MR) is 75.1 cm³/mol. The number of hydrogen-bond donors (Lipinski definition) is 1. The monoisotopic (exact) mass is 293 g/mol. The smallest absolute Gasteiger partial charge is 0.0675 e. The van der Waals surface area contributed by atoms with Gasteiger partial charge in [0.2, 0.25) is 0 Å². The van der Waals surface area contributed by atoms with Crippen LogP contribution in [0.5, 0.6) is 0 Å². The summed E-state index contributed by atoms with van der Waals surface area (Å²) >= 11 is 0. The topological polar surface area (TPSA) is 106 Å². The molecule has 1 atom stereocenters. The first-order valence-corrected chi connectivity index (χ1v) is 6.28. The molecule has 0 aromatic rings. The highest BCUT2D eigenvalue weighted by atomic mass is 16.4. The predicted octanol–water partition coefficient (Wildman–Crippen LogP) is -2.76. The summed E-state index contributed by atoms with van der Waals surface area (Å²) in [6.07, 6.45) is -0.500. The maximum absolute atomic E-state index is 9.86. The molecule has 0 rings (SSSR count). The van der Waals surface area contributed by atoms with E-state index < -0.39 is 18.0 Å². The van der Waals surface area contributed by atoms with Gasteiger partial charge in [-0.1, -0.05) is 0 Å². The molecule has 122 valence electrons. The Morgan fingerprint density at radius 2 is 1.15 bits per heavy atom. The molecule has 0 bridgehead atoms. The highest BCUT2D eigenvalue weighted by Crippen LogP contribution is 1.90. The minimum atomic E-state index is -1.44. The SMILES string of the molecule is C[N+](C)(C)C.C[N+](C)(C)C.N[C@@H](CCC(=O)[O-])C(=O)[O-]. The second-order valence-corrected chi connectivity index (χ2v) is 7.20. The number of carboxylic acid groups (broad SMARTS) is 2. The molecule has 0 aliphatic rings. The standard InChI is InChI=1S/C5H9NO4.2C4H12N/c6-3(5(9)10)1-2-4(7)8;2*1-5(2,3)4/h3H,1-2,6H2,(H,7,8)(H,9,10);2*1-4H3/q;2*+1/p-2/t3-;;/m0../s1. The van der Waals surface area contributed by atoms with Crippen LogP contribution in [0, 0.1) is 0 Å². The number of carbonyl (C=O) groups is 2. The van der Waals surface area contributed by atoms with Crippen molar-refractivity contribution in [1.82, 2.24) is 0 Å². The lowest BCUT2D eigenvalue weighted by molar-refractivity contribution is -0.849. The van der Waals surface area contributed by atoms with Crippen LogP contribution < -0.4 is 15.9 Å². The maximum atomic E-state index is 9.86. The van der Waals surface area contributed by atoms with Crippen LogP contribution in [0.3, 0.4) is 0 Å². The molecule has 0 saturated heterocycles. The fourth-order valence-corrected chi connectivity index (χ4v) is 0.391. The molecule has 7 heteroatoms. The lowest BCUT2D eigenvalue weighted by Gasteiger charge is -2.14. The van der Waals surface area contributed by atoms with E-state index in [1.54, 1.807) is 0 Å². The summed E-state index contributed by atoms with van der Waals surface area (Å²) in [6, 6.07) is -1.21. The number of carboxylic acids is 2. The van der Waals surface area contributed by atoms with Gasteiger partial charge in [-0.05, 0) is 12.8 Å². The largest absolute Gasteiger partial charge is 0.550 e. The van der Waals surface area contributed by atoms with Gasteiger partial charge in [-0.25, -0.2) is 0 Å². The lowest BCUT2D eigenvalue weighted by atomic mass is 10.2. The fourth-order valence-electron chi connectivity index (χ4n) is 0.391. The third kappa shape index (κ3) is 68.8. The zero-order chi connectivity index (χ0) is 17.1. The summed E-state index contributed by atoms with van der Waals surface area (Å²) in [4.78, 5) is 19.6. The molecule has 0 unspecified atom stereocenters. The zero-order valence-corrected chi connectivity index (χ0v) is 14.1. The van der Waals surface area contributed by atoms with Gasteiger partial charge in [0.25, 0.3) is 0 Å². The molecule has 0 saturated carbocycles. The second-order valence-electron chi connectivity index (χ2n) is 7.20. The van der Waals surface area contributed by atoms with Crippen molar-refractivity contribution < 1.29 is 28.8 Å². The van der Waals surface area contributed by atoms with Crippen LogP contribution in [0.15, 0.2) is 0 Å². The minimum Gasteiger partial charge on any atom is -0.550 e. The van der Waals surface area contributed by atoms with Crippen LogP contribution in [-0.2, 0) is 9.59 Å². The second kappa shape index (κ2) is 10.6. The van der Waals surface area contributed by atoms with Crippen LogP contribution in [0.2, 0.25) is 0 Å². The average molecular weight is 293 g/mol. The van der Waals surface area contributed by atoms with Gasteiger partial charge in [-0.15, -0.1) is 0 Å². The Bertz CT molecular complexity index is 256. The molecular weight excluding hydrogens is 262 g/mol. The molecule has 7 nitrogen and oxygen atoms in total. The van der Waals surface area contributed by atoms with E-state index in [0.29, 0.717) is 0 Å². The van der Waals surface area contributed by atoms with E-state index >= 15 is 0 Å². The van der Waals surface area contributed by atoms with Crippen molar-refractivity contribution in [3.05, 3.63) is 0 Å². The van der Waals surface area contributed by atoms with E-state index in [2.05, 4.69) is 56.4 Å². The molecule has 0 aliphatic heterocycles. The first kappa shape index (κ1) is 23.9. The van der Waals surface area contributed by atoms with E-state index in [0.717, 1.165) is 8.97 Å². The van der Waals surface area contributed by atoms with Gasteiger partial charge in [-0.2, -0.15) is 0 Å². The van der Waals surface area contributed by atoms with Gasteiger partial charge in [0.1, 0.15) is 0 Å². The van der Waals surface area contributed by atoms with Crippen LogP contribution in [0.25, 0.3) is 0 Å². The average Bonchev–Trinajstić information content (AvgIpc) is 2.07. The summed E-state index contributed by atoms with van der Waals surface area (Å²) < 4.78 is 2.00. The number of carbonyl (C=O) groups excluding carboxylic acids is 2. The quantitative estimate of drug-likeness (QED) is 0.565. The third-order valence-electron chi connectivity index (χ3n) is 0.962. The van der Waals surface area contributed by atoms with Crippen molar-refractivity contribution in [1.29, 1.82) is 0 Å². The lowest BCUT2D eigenvalue weighted by Crippen LogP contribution is -2.42. The Balaban J connectivity index is -0.000000244. The van der Waals surface area contributed by atoms with Crippen molar-refractivity contribution in [2.45, 2.75) is 18.9 Å². The Kier molecular flexibility index (Phi) is 12.6. The minimum absolute atomic E-state index is 0.148. The van der Waals surface area contributed by atoms with Crippen molar-refractivity contribution in [3.63, 3.8) is 0 Å². The van der Waals surface area contributed by atoms with Gasteiger partial charge in [0.15, 0.2) is 0 Å². The Labute approximate surface area is 122 Å². The molecule has 20 heavy (non-hydrogen) atoms. The molecular formula is C13H31N3O4. The van der Waals surface area contributed by atoms with E-state index in [-0.39, 0.29) is 12.8 Å². The molecule has 0 radical (unpaired) electrons. The Hall–Kier alpha value is -1.18. The highest BCUT2D eigenvalue weighted by Gasteiger charge is 2.01. The molecule has 0 spiro atoms. The Morgan fingerprint density at radius 3 is 1.30 bits per heavy atom. The summed E-state index contributed by atoms with van der Waals surface area (Å²) in [5, 5.41) is 19.6. The van der Waals surface area contributed by atoms with E-state index in [1.807, 2.05) is 0 Å². The first-order valence-electron chi connectivity index (χ1n) is 6.28. The summed E-state index contributed by atoms with van der Waals surface area (Å²) in [6.45, 7) is 0. The summed E-state index contributed by atoms with van der Waals surface area (Å²) in [7, 11) is 17.0.